The summed E-state index contributed by atoms with van der Waals surface area (Å²) in [5.74, 6) is 0.754. The summed E-state index contributed by atoms with van der Waals surface area (Å²) in [6.07, 6.45) is 4.93. The number of pyridine rings is 1. The van der Waals surface area contributed by atoms with Gasteiger partial charge < -0.3 is 10.1 Å². The van der Waals surface area contributed by atoms with Crippen LogP contribution >= 0.6 is 15.9 Å². The molecule has 0 aromatic carbocycles. The second-order valence-corrected chi connectivity index (χ2v) is 5.20. The van der Waals surface area contributed by atoms with E-state index < -0.39 is 0 Å². The van der Waals surface area contributed by atoms with Crippen molar-refractivity contribution in [3.63, 3.8) is 0 Å². The highest BCUT2D eigenvalue weighted by atomic mass is 79.9. The molecule has 0 aliphatic carbocycles. The van der Waals surface area contributed by atoms with E-state index in [1.165, 1.54) is 7.11 Å². The number of aromatic nitrogens is 1. The molecule has 0 bridgehead atoms. The van der Waals surface area contributed by atoms with Gasteiger partial charge in [0.15, 0.2) is 0 Å². The van der Waals surface area contributed by atoms with Crippen molar-refractivity contribution in [3.05, 3.63) is 23.9 Å². The molecule has 1 heterocycles. The highest BCUT2D eigenvalue weighted by Crippen LogP contribution is 2.15. The first-order valence-corrected chi connectivity index (χ1v) is 7.68. The summed E-state index contributed by atoms with van der Waals surface area (Å²) in [6.45, 7) is 2.85. The first-order valence-electron chi connectivity index (χ1n) is 6.56. The van der Waals surface area contributed by atoms with E-state index in [1.807, 2.05) is 0 Å². The minimum absolute atomic E-state index is 0.124. The van der Waals surface area contributed by atoms with Crippen molar-refractivity contribution < 1.29 is 9.53 Å². The molecule has 1 atom stereocenters. The van der Waals surface area contributed by atoms with E-state index in [1.54, 1.807) is 18.3 Å². The molecule has 1 aromatic rings. The van der Waals surface area contributed by atoms with Crippen LogP contribution in [0.3, 0.4) is 0 Å². The molecule has 0 fully saturated rings. The number of ether oxygens (including phenoxy) is 1. The lowest BCUT2D eigenvalue weighted by molar-refractivity contribution is 0.0942. The van der Waals surface area contributed by atoms with Gasteiger partial charge in [0.05, 0.1) is 7.11 Å². The molecular formula is C14H21BrN2O2. The molecule has 0 saturated heterocycles. The normalized spacial score (nSPS) is 11.9. The number of carbonyl (C=O) groups excluding carboxylic acids is 1. The molecule has 1 rings (SSSR count). The SMILES string of the molecule is CCCC(CCBr)CNC(=O)c1cccnc1OC. The lowest BCUT2D eigenvalue weighted by Crippen LogP contribution is -2.30. The van der Waals surface area contributed by atoms with Crippen molar-refractivity contribution in [1.29, 1.82) is 0 Å². The third kappa shape index (κ3) is 5.19. The Morgan fingerprint density at radius 3 is 2.95 bits per heavy atom. The fraction of sp³-hybridized carbons (Fsp3) is 0.571. The summed E-state index contributed by atoms with van der Waals surface area (Å²) in [5, 5.41) is 3.93. The van der Waals surface area contributed by atoms with E-state index in [9.17, 15) is 4.79 Å². The molecule has 1 unspecified atom stereocenters. The summed E-state index contributed by atoms with van der Waals surface area (Å²) >= 11 is 3.45. The van der Waals surface area contributed by atoms with Crippen LogP contribution in [0.25, 0.3) is 0 Å². The number of hydrogen-bond acceptors (Lipinski definition) is 3. The lowest BCUT2D eigenvalue weighted by Gasteiger charge is -2.16. The van der Waals surface area contributed by atoms with Crippen molar-refractivity contribution in [2.75, 3.05) is 19.0 Å². The zero-order valence-corrected chi connectivity index (χ0v) is 13.1. The molecule has 4 nitrogen and oxygen atoms in total. The second-order valence-electron chi connectivity index (χ2n) is 4.40. The number of nitrogens with zero attached hydrogens (tertiary/aromatic N) is 1. The number of methoxy groups -OCH3 is 1. The Labute approximate surface area is 123 Å². The Morgan fingerprint density at radius 1 is 1.53 bits per heavy atom. The monoisotopic (exact) mass is 328 g/mol. The molecule has 1 N–H and O–H groups in total. The number of alkyl halides is 1. The van der Waals surface area contributed by atoms with Crippen molar-refractivity contribution in [2.45, 2.75) is 26.2 Å². The molecule has 1 aromatic heterocycles. The Morgan fingerprint density at radius 2 is 2.32 bits per heavy atom. The number of rotatable bonds is 8. The maximum atomic E-state index is 12.1. The highest BCUT2D eigenvalue weighted by Gasteiger charge is 2.14. The standard InChI is InChI=1S/C14H21BrN2O2/c1-3-5-11(7-8-15)10-17-13(18)12-6-4-9-16-14(12)19-2/h4,6,9,11H,3,5,7-8,10H2,1-2H3,(H,17,18). The van der Waals surface area contributed by atoms with E-state index in [0.29, 0.717) is 23.9 Å². The molecule has 5 heteroatoms. The number of nitrogens with one attached hydrogen (secondary N) is 1. The van der Waals surface area contributed by atoms with E-state index >= 15 is 0 Å². The van der Waals surface area contributed by atoms with Gasteiger partial charge in [-0.15, -0.1) is 0 Å². The van der Waals surface area contributed by atoms with Gasteiger partial charge in [0.25, 0.3) is 5.91 Å². The molecule has 106 valence electrons. The largest absolute Gasteiger partial charge is 0.480 e. The maximum Gasteiger partial charge on any atom is 0.256 e. The van der Waals surface area contributed by atoms with Gasteiger partial charge >= 0.3 is 0 Å². The molecular weight excluding hydrogens is 308 g/mol. The lowest BCUT2D eigenvalue weighted by atomic mass is 10.0. The number of carbonyl (C=O) groups is 1. The average molecular weight is 329 g/mol. The van der Waals surface area contributed by atoms with Crippen LogP contribution in [-0.2, 0) is 0 Å². The number of amides is 1. The average Bonchev–Trinajstić information content (AvgIpc) is 2.44. The van der Waals surface area contributed by atoms with Gasteiger partial charge in [0.1, 0.15) is 5.56 Å². The predicted octanol–water partition coefficient (Wildman–Crippen LogP) is 3.02. The van der Waals surface area contributed by atoms with Crippen LogP contribution in [0.4, 0.5) is 0 Å². The zero-order valence-electron chi connectivity index (χ0n) is 11.5. The van der Waals surface area contributed by atoms with Gasteiger partial charge in [0.2, 0.25) is 5.88 Å². The Bertz CT molecular complexity index is 393. The van der Waals surface area contributed by atoms with Gasteiger partial charge in [-0.25, -0.2) is 4.98 Å². The molecule has 19 heavy (non-hydrogen) atoms. The highest BCUT2D eigenvalue weighted by molar-refractivity contribution is 9.09. The van der Waals surface area contributed by atoms with E-state index in [4.69, 9.17) is 4.74 Å². The quantitative estimate of drug-likeness (QED) is 0.746. The van der Waals surface area contributed by atoms with Gasteiger partial charge in [-0.1, -0.05) is 29.3 Å². The summed E-state index contributed by atoms with van der Waals surface area (Å²) in [7, 11) is 1.52. The van der Waals surface area contributed by atoms with Crippen LogP contribution in [-0.4, -0.2) is 29.9 Å². The molecule has 0 radical (unpaired) electrons. The Kier molecular flexibility index (Phi) is 7.48. The van der Waals surface area contributed by atoms with E-state index in [0.717, 1.165) is 24.6 Å². The predicted molar refractivity (Wildman–Crippen MR) is 79.9 cm³/mol. The molecule has 0 aliphatic heterocycles. The minimum atomic E-state index is -0.124. The smallest absolute Gasteiger partial charge is 0.256 e. The molecule has 0 spiro atoms. The first-order chi connectivity index (χ1) is 9.22. The van der Waals surface area contributed by atoms with Gasteiger partial charge in [0, 0.05) is 18.1 Å². The van der Waals surface area contributed by atoms with Crippen LogP contribution in [0.5, 0.6) is 5.88 Å². The summed E-state index contributed by atoms with van der Waals surface area (Å²) < 4.78 is 5.09. The van der Waals surface area contributed by atoms with Crippen LogP contribution in [0.2, 0.25) is 0 Å². The minimum Gasteiger partial charge on any atom is -0.480 e. The Balaban J connectivity index is 2.58. The van der Waals surface area contributed by atoms with Crippen LogP contribution in [0.15, 0.2) is 18.3 Å². The van der Waals surface area contributed by atoms with Crippen LogP contribution < -0.4 is 10.1 Å². The van der Waals surface area contributed by atoms with Crippen molar-refractivity contribution >= 4 is 21.8 Å². The van der Waals surface area contributed by atoms with E-state index in [-0.39, 0.29) is 5.91 Å². The van der Waals surface area contributed by atoms with Crippen molar-refractivity contribution in [3.8, 4) is 5.88 Å². The summed E-state index contributed by atoms with van der Waals surface area (Å²) in [4.78, 5) is 16.1. The van der Waals surface area contributed by atoms with Crippen molar-refractivity contribution in [2.24, 2.45) is 5.92 Å². The second kappa shape index (κ2) is 8.91. The van der Waals surface area contributed by atoms with Gasteiger partial charge in [-0.3, -0.25) is 4.79 Å². The van der Waals surface area contributed by atoms with Gasteiger partial charge in [-0.05, 0) is 30.9 Å². The fourth-order valence-electron chi connectivity index (χ4n) is 1.97. The number of halogens is 1. The fourth-order valence-corrected chi connectivity index (χ4v) is 2.62. The topological polar surface area (TPSA) is 51.2 Å². The zero-order chi connectivity index (χ0) is 14.1. The first kappa shape index (κ1) is 16.0. The third-order valence-electron chi connectivity index (χ3n) is 2.97. The maximum absolute atomic E-state index is 12.1. The summed E-state index contributed by atoms with van der Waals surface area (Å²) in [6, 6.07) is 3.46. The van der Waals surface area contributed by atoms with Crippen LogP contribution in [0, 0.1) is 5.92 Å². The molecule has 1 amide bonds. The number of hydrogen-bond donors (Lipinski definition) is 1. The van der Waals surface area contributed by atoms with E-state index in [2.05, 4.69) is 33.2 Å². The molecule has 0 aliphatic rings. The summed E-state index contributed by atoms with van der Waals surface area (Å²) in [5.41, 5.74) is 0.485. The van der Waals surface area contributed by atoms with Gasteiger partial charge in [-0.2, -0.15) is 0 Å². The Hall–Kier alpha value is -1.10. The third-order valence-corrected chi connectivity index (χ3v) is 3.43. The van der Waals surface area contributed by atoms with Crippen LogP contribution in [0.1, 0.15) is 36.5 Å². The molecule has 0 saturated carbocycles. The van der Waals surface area contributed by atoms with Crippen molar-refractivity contribution in [1.82, 2.24) is 10.3 Å².